The predicted molar refractivity (Wildman–Crippen MR) is 80.6 cm³/mol. The first kappa shape index (κ1) is 16.4. The monoisotopic (exact) mass is 314 g/mol. The van der Waals surface area contributed by atoms with Gasteiger partial charge in [0.2, 0.25) is 10.0 Å². The first-order valence-corrected chi connectivity index (χ1v) is 8.84. The molecule has 0 aliphatic heterocycles. The van der Waals surface area contributed by atoms with E-state index >= 15 is 0 Å². The van der Waals surface area contributed by atoms with Gasteiger partial charge in [-0.3, -0.25) is 0 Å². The zero-order valence-corrected chi connectivity index (χ0v) is 13.3. The molecule has 1 aliphatic carbocycles. The van der Waals surface area contributed by atoms with Gasteiger partial charge in [-0.05, 0) is 36.5 Å². The highest BCUT2D eigenvalue weighted by Gasteiger charge is 2.30. The van der Waals surface area contributed by atoms with Gasteiger partial charge in [-0.2, -0.15) is 0 Å². The van der Waals surface area contributed by atoms with E-state index in [1.807, 2.05) is 0 Å². The third kappa shape index (κ3) is 3.62. The summed E-state index contributed by atoms with van der Waals surface area (Å²) in [5.41, 5.74) is 5.64. The van der Waals surface area contributed by atoms with Crippen LogP contribution in [0.15, 0.2) is 23.1 Å². The Morgan fingerprint density at radius 1 is 1.33 bits per heavy atom. The lowest BCUT2D eigenvalue weighted by molar-refractivity contribution is 0.227. The van der Waals surface area contributed by atoms with Crippen LogP contribution in [0.25, 0.3) is 0 Å². The smallest absolute Gasteiger partial charge is 0.240 e. The SMILES string of the molecule is CC1CCCC(NS(=O)(=O)c2ccc(F)c(CN)c2)C1C. The van der Waals surface area contributed by atoms with Gasteiger partial charge >= 0.3 is 0 Å². The molecular formula is C15H23FN2O2S. The molecule has 0 spiro atoms. The highest BCUT2D eigenvalue weighted by Crippen LogP contribution is 2.30. The van der Waals surface area contributed by atoms with Crippen LogP contribution >= 0.6 is 0 Å². The molecule has 1 aromatic rings. The van der Waals surface area contributed by atoms with Gasteiger partial charge in [0.25, 0.3) is 0 Å². The van der Waals surface area contributed by atoms with Crippen molar-refractivity contribution in [2.45, 2.75) is 50.6 Å². The highest BCUT2D eigenvalue weighted by atomic mass is 32.2. The van der Waals surface area contributed by atoms with E-state index in [2.05, 4.69) is 18.6 Å². The second kappa shape index (κ2) is 6.42. The van der Waals surface area contributed by atoms with Gasteiger partial charge in [0.05, 0.1) is 4.90 Å². The number of hydrogen-bond acceptors (Lipinski definition) is 3. The summed E-state index contributed by atoms with van der Waals surface area (Å²) < 4.78 is 41.1. The van der Waals surface area contributed by atoms with Crippen molar-refractivity contribution in [3.05, 3.63) is 29.6 Å². The van der Waals surface area contributed by atoms with Gasteiger partial charge in [0.1, 0.15) is 5.82 Å². The number of nitrogens with one attached hydrogen (secondary N) is 1. The topological polar surface area (TPSA) is 72.2 Å². The fourth-order valence-electron chi connectivity index (χ4n) is 2.89. The molecule has 0 saturated heterocycles. The molecule has 3 atom stereocenters. The maximum atomic E-state index is 13.4. The summed E-state index contributed by atoms with van der Waals surface area (Å²) in [6.07, 6.45) is 3.00. The summed E-state index contributed by atoms with van der Waals surface area (Å²) in [5.74, 6) is 0.318. The molecule has 0 aromatic heterocycles. The van der Waals surface area contributed by atoms with Crippen molar-refractivity contribution < 1.29 is 12.8 Å². The van der Waals surface area contributed by atoms with Crippen LogP contribution in [-0.4, -0.2) is 14.5 Å². The van der Waals surface area contributed by atoms with E-state index in [-0.39, 0.29) is 23.0 Å². The Bertz CT molecular complexity index is 604. The Morgan fingerprint density at radius 2 is 2.05 bits per heavy atom. The molecule has 1 fully saturated rings. The maximum Gasteiger partial charge on any atom is 0.240 e. The highest BCUT2D eigenvalue weighted by molar-refractivity contribution is 7.89. The summed E-state index contributed by atoms with van der Waals surface area (Å²) >= 11 is 0. The average Bonchev–Trinajstić information content (AvgIpc) is 2.44. The molecule has 6 heteroatoms. The van der Waals surface area contributed by atoms with Crippen LogP contribution in [0.2, 0.25) is 0 Å². The van der Waals surface area contributed by atoms with Crippen LogP contribution in [-0.2, 0) is 16.6 Å². The molecular weight excluding hydrogens is 291 g/mol. The molecule has 1 aromatic carbocycles. The molecule has 21 heavy (non-hydrogen) atoms. The first-order valence-electron chi connectivity index (χ1n) is 7.36. The molecule has 4 nitrogen and oxygen atoms in total. The molecule has 3 N–H and O–H groups in total. The van der Waals surface area contributed by atoms with Gasteiger partial charge < -0.3 is 5.73 Å². The Hall–Kier alpha value is -0.980. The third-order valence-electron chi connectivity index (χ3n) is 4.56. The van der Waals surface area contributed by atoms with E-state index in [9.17, 15) is 12.8 Å². The number of nitrogens with two attached hydrogens (primary N) is 1. The quantitative estimate of drug-likeness (QED) is 0.896. The van der Waals surface area contributed by atoms with Crippen LogP contribution in [0, 0.1) is 17.7 Å². The van der Waals surface area contributed by atoms with Crippen molar-refractivity contribution in [2.75, 3.05) is 0 Å². The lowest BCUT2D eigenvalue weighted by atomic mass is 9.78. The van der Waals surface area contributed by atoms with Crippen molar-refractivity contribution >= 4 is 10.0 Å². The van der Waals surface area contributed by atoms with Gasteiger partial charge in [-0.15, -0.1) is 0 Å². The summed E-state index contributed by atoms with van der Waals surface area (Å²) in [6, 6.07) is 3.69. The lowest BCUT2D eigenvalue weighted by Crippen LogP contribution is -2.43. The number of sulfonamides is 1. The number of benzene rings is 1. The van der Waals surface area contributed by atoms with Crippen LogP contribution in [0.3, 0.4) is 0 Å². The minimum absolute atomic E-state index is 0.0218. The molecule has 3 unspecified atom stereocenters. The summed E-state index contributed by atoms with van der Waals surface area (Å²) in [5, 5.41) is 0. The van der Waals surface area contributed by atoms with Crippen LogP contribution < -0.4 is 10.5 Å². The Kier molecular flexibility index (Phi) is 5.01. The summed E-state index contributed by atoms with van der Waals surface area (Å²) in [6.45, 7) is 4.20. The number of halogens is 1. The number of hydrogen-bond donors (Lipinski definition) is 2. The molecule has 1 aliphatic rings. The minimum Gasteiger partial charge on any atom is -0.326 e. The minimum atomic E-state index is -3.64. The zero-order chi connectivity index (χ0) is 15.6. The van der Waals surface area contributed by atoms with Crippen molar-refractivity contribution in [3.8, 4) is 0 Å². The normalized spacial score (nSPS) is 26.8. The fraction of sp³-hybridized carbons (Fsp3) is 0.600. The van der Waals surface area contributed by atoms with Crippen LogP contribution in [0.4, 0.5) is 4.39 Å². The molecule has 0 bridgehead atoms. The molecule has 0 amide bonds. The van der Waals surface area contributed by atoms with Gasteiger partial charge in [0.15, 0.2) is 0 Å². The Labute approximate surface area is 126 Å². The Morgan fingerprint density at radius 3 is 2.71 bits per heavy atom. The van der Waals surface area contributed by atoms with E-state index in [1.54, 1.807) is 0 Å². The zero-order valence-electron chi connectivity index (χ0n) is 12.5. The van der Waals surface area contributed by atoms with Crippen molar-refractivity contribution in [1.82, 2.24) is 4.72 Å². The first-order chi connectivity index (χ1) is 9.85. The maximum absolute atomic E-state index is 13.4. The van der Waals surface area contributed by atoms with E-state index in [0.717, 1.165) is 25.3 Å². The van der Waals surface area contributed by atoms with E-state index in [0.29, 0.717) is 11.8 Å². The van der Waals surface area contributed by atoms with Crippen molar-refractivity contribution in [2.24, 2.45) is 17.6 Å². The van der Waals surface area contributed by atoms with E-state index < -0.39 is 15.8 Å². The van der Waals surface area contributed by atoms with Crippen molar-refractivity contribution in [1.29, 1.82) is 0 Å². The molecule has 0 radical (unpaired) electrons. The summed E-state index contributed by atoms with van der Waals surface area (Å²) in [4.78, 5) is 0.0785. The standard InChI is InChI=1S/C15H23FN2O2S/c1-10-4-3-5-15(11(10)2)18-21(19,20)13-6-7-14(16)12(8-13)9-17/h6-8,10-11,15,18H,3-5,9,17H2,1-2H3. The lowest BCUT2D eigenvalue weighted by Gasteiger charge is -2.34. The predicted octanol–water partition coefficient (Wildman–Crippen LogP) is 2.39. The van der Waals surface area contributed by atoms with Crippen molar-refractivity contribution in [3.63, 3.8) is 0 Å². The largest absolute Gasteiger partial charge is 0.326 e. The molecule has 1 saturated carbocycles. The molecule has 2 rings (SSSR count). The second-order valence-corrected chi connectivity index (χ2v) is 7.67. The van der Waals surface area contributed by atoms with E-state index in [1.165, 1.54) is 12.1 Å². The van der Waals surface area contributed by atoms with Crippen LogP contribution in [0.5, 0.6) is 0 Å². The third-order valence-corrected chi connectivity index (χ3v) is 6.05. The van der Waals surface area contributed by atoms with E-state index in [4.69, 9.17) is 5.73 Å². The molecule has 118 valence electrons. The number of rotatable bonds is 4. The van der Waals surface area contributed by atoms with Crippen LogP contribution in [0.1, 0.15) is 38.7 Å². The summed E-state index contributed by atoms with van der Waals surface area (Å²) in [7, 11) is -3.64. The van der Waals surface area contributed by atoms with Gasteiger partial charge in [-0.25, -0.2) is 17.5 Å². The molecule has 0 heterocycles. The van der Waals surface area contributed by atoms with Gasteiger partial charge in [0, 0.05) is 18.2 Å². The Balaban J connectivity index is 2.22. The van der Waals surface area contributed by atoms with Gasteiger partial charge in [-0.1, -0.05) is 26.7 Å². The average molecular weight is 314 g/mol. The fourth-order valence-corrected chi connectivity index (χ4v) is 4.30. The second-order valence-electron chi connectivity index (χ2n) is 5.95.